The van der Waals surface area contributed by atoms with E-state index >= 15 is 0 Å². The van der Waals surface area contributed by atoms with Gasteiger partial charge in [0.1, 0.15) is 0 Å². The number of methoxy groups -OCH3 is 1. The molecule has 0 aliphatic rings. The lowest BCUT2D eigenvalue weighted by molar-refractivity contribution is -0.121. The number of rotatable bonds is 7. The van der Waals surface area contributed by atoms with Crippen LogP contribution in [0.4, 0.5) is 4.39 Å². The largest absolute Gasteiger partial charge is 0.494 e. The van der Waals surface area contributed by atoms with Crippen molar-refractivity contribution in [2.75, 3.05) is 7.11 Å². The van der Waals surface area contributed by atoms with E-state index in [1.54, 1.807) is 23.5 Å². The lowest BCUT2D eigenvalue weighted by Crippen LogP contribution is -2.29. The van der Waals surface area contributed by atoms with Crippen molar-refractivity contribution in [3.63, 3.8) is 0 Å². The molecule has 6 heteroatoms. The van der Waals surface area contributed by atoms with Crippen LogP contribution in [0.1, 0.15) is 29.2 Å². The second-order valence-corrected chi connectivity index (χ2v) is 7.29. The summed E-state index contributed by atoms with van der Waals surface area (Å²) < 4.78 is 18.7. The highest BCUT2D eigenvalue weighted by atomic mass is 35.5. The van der Waals surface area contributed by atoms with Gasteiger partial charge in [-0.05, 0) is 64.2 Å². The Morgan fingerprint density at radius 1 is 1.19 bits per heavy atom. The molecule has 1 atom stereocenters. The van der Waals surface area contributed by atoms with Crippen molar-refractivity contribution in [2.24, 2.45) is 0 Å². The van der Waals surface area contributed by atoms with Crippen LogP contribution in [0.5, 0.6) is 5.75 Å². The topological polar surface area (TPSA) is 38.3 Å². The number of benzene rings is 2. The van der Waals surface area contributed by atoms with Crippen molar-refractivity contribution in [1.82, 2.24) is 5.32 Å². The van der Waals surface area contributed by atoms with Gasteiger partial charge in [-0.25, -0.2) is 4.39 Å². The van der Waals surface area contributed by atoms with Crippen molar-refractivity contribution < 1.29 is 13.9 Å². The maximum Gasteiger partial charge on any atom is 0.221 e. The first-order chi connectivity index (χ1) is 13.1. The maximum atomic E-state index is 13.8. The summed E-state index contributed by atoms with van der Waals surface area (Å²) >= 11 is 7.55. The number of thiophene rings is 1. The van der Waals surface area contributed by atoms with E-state index in [0.29, 0.717) is 11.4 Å². The number of halogens is 2. The molecule has 0 spiro atoms. The zero-order valence-corrected chi connectivity index (χ0v) is 16.3. The molecule has 0 saturated heterocycles. The molecular weight excluding hydrogens is 385 g/mol. The van der Waals surface area contributed by atoms with Crippen molar-refractivity contribution in [3.8, 4) is 5.75 Å². The molecule has 1 aromatic heterocycles. The van der Waals surface area contributed by atoms with E-state index in [4.69, 9.17) is 16.3 Å². The van der Waals surface area contributed by atoms with Gasteiger partial charge in [-0.3, -0.25) is 4.79 Å². The van der Waals surface area contributed by atoms with Gasteiger partial charge in [0.25, 0.3) is 0 Å². The molecule has 140 valence electrons. The lowest BCUT2D eigenvalue weighted by atomic mass is 10.0. The highest BCUT2D eigenvalue weighted by molar-refractivity contribution is 7.08. The third-order valence-electron chi connectivity index (χ3n) is 4.24. The van der Waals surface area contributed by atoms with Crippen LogP contribution in [0, 0.1) is 5.82 Å². The highest BCUT2D eigenvalue weighted by Gasteiger charge is 2.17. The molecule has 2 aromatic carbocycles. The van der Waals surface area contributed by atoms with Crippen LogP contribution in [-0.4, -0.2) is 13.0 Å². The van der Waals surface area contributed by atoms with Crippen molar-refractivity contribution in [3.05, 3.63) is 86.8 Å². The Morgan fingerprint density at radius 2 is 1.96 bits per heavy atom. The number of hydrogen-bond acceptors (Lipinski definition) is 3. The second-order valence-electron chi connectivity index (χ2n) is 6.08. The Labute approximate surface area is 166 Å². The third kappa shape index (κ3) is 5.08. The molecule has 1 unspecified atom stereocenters. The summed E-state index contributed by atoms with van der Waals surface area (Å²) in [6, 6.07) is 13.9. The van der Waals surface area contributed by atoms with Crippen LogP contribution in [-0.2, 0) is 11.2 Å². The van der Waals surface area contributed by atoms with Crippen LogP contribution >= 0.6 is 22.9 Å². The number of carbonyl (C=O) groups is 1. The van der Waals surface area contributed by atoms with Gasteiger partial charge in [-0.1, -0.05) is 29.8 Å². The number of carbonyl (C=O) groups excluding carboxylic acids is 1. The van der Waals surface area contributed by atoms with Gasteiger partial charge in [0.05, 0.1) is 13.2 Å². The summed E-state index contributed by atoms with van der Waals surface area (Å²) in [7, 11) is 1.42. The van der Waals surface area contributed by atoms with Gasteiger partial charge in [0.15, 0.2) is 11.6 Å². The van der Waals surface area contributed by atoms with Crippen molar-refractivity contribution >= 4 is 28.8 Å². The van der Waals surface area contributed by atoms with Crippen molar-refractivity contribution in [2.45, 2.75) is 18.9 Å². The molecule has 0 aliphatic carbocycles. The summed E-state index contributed by atoms with van der Waals surface area (Å²) in [6.07, 6.45) is 0.712. The average Bonchev–Trinajstić information content (AvgIpc) is 3.20. The fraction of sp³-hybridized carbons (Fsp3) is 0.190. The smallest absolute Gasteiger partial charge is 0.221 e. The highest BCUT2D eigenvalue weighted by Crippen LogP contribution is 2.26. The molecule has 1 heterocycles. The van der Waals surface area contributed by atoms with Crippen LogP contribution in [0.15, 0.2) is 59.3 Å². The van der Waals surface area contributed by atoms with E-state index < -0.39 is 5.82 Å². The minimum absolute atomic E-state index is 0.0997. The Balaban J connectivity index is 1.68. The summed E-state index contributed by atoms with van der Waals surface area (Å²) in [4.78, 5) is 12.5. The number of ether oxygens (including phenoxy) is 1. The molecule has 3 rings (SSSR count). The lowest BCUT2D eigenvalue weighted by Gasteiger charge is -2.19. The molecule has 3 nitrogen and oxygen atoms in total. The standard InChI is InChI=1S/C21H19ClFNO2S/c1-26-19-8-2-14(12-18(19)23)3-9-20(25)24-21(16-10-11-27-13-16)15-4-6-17(22)7-5-15/h2,4-8,10-13,21H,3,9H2,1H3,(H,24,25). The first-order valence-electron chi connectivity index (χ1n) is 8.46. The van der Waals surface area contributed by atoms with Crippen LogP contribution < -0.4 is 10.1 Å². The van der Waals surface area contributed by atoms with Crippen LogP contribution in [0.25, 0.3) is 0 Å². The summed E-state index contributed by atoms with van der Waals surface area (Å²) in [5.41, 5.74) is 2.73. The minimum Gasteiger partial charge on any atom is -0.494 e. The first kappa shape index (κ1) is 19.4. The van der Waals surface area contributed by atoms with E-state index in [-0.39, 0.29) is 24.1 Å². The number of aryl methyl sites for hydroxylation is 1. The average molecular weight is 404 g/mol. The predicted molar refractivity (Wildman–Crippen MR) is 107 cm³/mol. The second kappa shape index (κ2) is 9.02. The molecule has 0 fully saturated rings. The van der Waals surface area contributed by atoms with Gasteiger partial charge in [-0.2, -0.15) is 11.3 Å². The summed E-state index contributed by atoms with van der Waals surface area (Å²) in [5.74, 6) is -0.325. The zero-order chi connectivity index (χ0) is 19.2. The van der Waals surface area contributed by atoms with E-state index in [1.807, 2.05) is 41.1 Å². The molecule has 0 saturated carbocycles. The van der Waals surface area contributed by atoms with Gasteiger partial charge in [0.2, 0.25) is 5.91 Å². The fourth-order valence-corrected chi connectivity index (χ4v) is 3.62. The molecule has 0 aliphatic heterocycles. The Bertz CT molecular complexity index is 897. The maximum absolute atomic E-state index is 13.8. The Hall–Kier alpha value is -2.37. The monoisotopic (exact) mass is 403 g/mol. The van der Waals surface area contributed by atoms with E-state index in [0.717, 1.165) is 16.7 Å². The normalized spacial score (nSPS) is 11.8. The first-order valence-corrected chi connectivity index (χ1v) is 9.78. The summed E-state index contributed by atoms with van der Waals surface area (Å²) in [5, 5.41) is 7.71. The molecule has 0 bridgehead atoms. The zero-order valence-electron chi connectivity index (χ0n) is 14.7. The van der Waals surface area contributed by atoms with E-state index in [9.17, 15) is 9.18 Å². The van der Waals surface area contributed by atoms with Crippen molar-refractivity contribution in [1.29, 1.82) is 0 Å². The fourth-order valence-electron chi connectivity index (χ4n) is 2.81. The number of amides is 1. The molecule has 3 aromatic rings. The Morgan fingerprint density at radius 3 is 2.59 bits per heavy atom. The predicted octanol–water partition coefficient (Wildman–Crippen LogP) is 5.39. The Kier molecular flexibility index (Phi) is 6.48. The molecule has 27 heavy (non-hydrogen) atoms. The number of nitrogens with one attached hydrogen (secondary N) is 1. The molecule has 1 amide bonds. The van der Waals surface area contributed by atoms with E-state index in [2.05, 4.69) is 5.32 Å². The van der Waals surface area contributed by atoms with Gasteiger partial charge >= 0.3 is 0 Å². The summed E-state index contributed by atoms with van der Waals surface area (Å²) in [6.45, 7) is 0. The van der Waals surface area contributed by atoms with Gasteiger partial charge in [-0.15, -0.1) is 0 Å². The quantitative estimate of drug-likeness (QED) is 0.574. The van der Waals surface area contributed by atoms with E-state index in [1.165, 1.54) is 13.2 Å². The van der Waals surface area contributed by atoms with Gasteiger partial charge < -0.3 is 10.1 Å². The SMILES string of the molecule is COc1ccc(CCC(=O)NC(c2ccc(Cl)cc2)c2ccsc2)cc1F. The third-order valence-corrected chi connectivity index (χ3v) is 5.20. The molecular formula is C21H19ClFNO2S. The molecule has 0 radical (unpaired) electrons. The molecule has 1 N–H and O–H groups in total. The van der Waals surface area contributed by atoms with Crippen LogP contribution in [0.2, 0.25) is 5.02 Å². The minimum atomic E-state index is -0.423. The van der Waals surface area contributed by atoms with Gasteiger partial charge in [0, 0.05) is 11.4 Å². The number of hydrogen-bond donors (Lipinski definition) is 1. The van der Waals surface area contributed by atoms with Crippen LogP contribution in [0.3, 0.4) is 0 Å².